The van der Waals surface area contributed by atoms with E-state index in [4.69, 9.17) is 0 Å². The zero-order chi connectivity index (χ0) is 5.82. The summed E-state index contributed by atoms with van der Waals surface area (Å²) in [6.45, 7) is 1.22. The van der Waals surface area contributed by atoms with Crippen LogP contribution >= 0.6 is 24.0 Å². The zero-order valence-electron chi connectivity index (χ0n) is 4.59. The first-order valence-corrected chi connectivity index (χ1v) is 4.24. The van der Waals surface area contributed by atoms with Crippen molar-refractivity contribution in [1.29, 1.82) is 0 Å². The molecule has 1 aliphatic heterocycles. The van der Waals surface area contributed by atoms with Gasteiger partial charge in [0.05, 0.1) is 0 Å². The Hall–Kier alpha value is 0.400. The molecule has 3 heteroatoms. The van der Waals surface area contributed by atoms with Crippen LogP contribution in [0.25, 0.3) is 0 Å². The van der Waals surface area contributed by atoms with Gasteiger partial charge in [0.15, 0.2) is 0 Å². The highest BCUT2D eigenvalue weighted by Gasteiger charge is 2.18. The molecule has 1 atom stereocenters. The lowest BCUT2D eigenvalue weighted by Gasteiger charge is -1.88. The second-order valence-corrected chi connectivity index (χ2v) is 3.37. The molecule has 0 radical (unpaired) electrons. The number of thiocarbonyl (C=S) groups is 1. The van der Waals surface area contributed by atoms with Crippen molar-refractivity contribution in [3.05, 3.63) is 0 Å². The molecule has 1 nitrogen and oxygen atoms in total. The Balaban J connectivity index is 1.80. The lowest BCUT2D eigenvalue weighted by Crippen LogP contribution is -1.91. The average Bonchev–Trinajstić information content (AvgIpc) is 2.51. The minimum absolute atomic E-state index is 0.817. The van der Waals surface area contributed by atoms with Crippen molar-refractivity contribution in [2.75, 3.05) is 12.3 Å². The van der Waals surface area contributed by atoms with E-state index in [1.165, 1.54) is 18.7 Å². The van der Waals surface area contributed by atoms with Crippen molar-refractivity contribution in [2.45, 2.75) is 12.5 Å². The van der Waals surface area contributed by atoms with Gasteiger partial charge in [-0.05, 0) is 12.2 Å². The second kappa shape index (κ2) is 3.43. The predicted octanol–water partition coefficient (Wildman–Crippen LogP) is 1.04. The van der Waals surface area contributed by atoms with Gasteiger partial charge in [-0.2, -0.15) is 0 Å². The molecule has 0 aromatic carbocycles. The Bertz CT molecular complexity index is 80.5. The van der Waals surface area contributed by atoms with Crippen LogP contribution in [0.3, 0.4) is 0 Å². The van der Waals surface area contributed by atoms with Crippen molar-refractivity contribution < 1.29 is 0 Å². The molecule has 0 saturated carbocycles. The molecule has 1 heterocycles. The minimum atomic E-state index is 0.817. The van der Waals surface area contributed by atoms with Crippen molar-refractivity contribution in [1.82, 2.24) is 5.32 Å². The molecule has 0 amide bonds. The largest absolute Gasteiger partial charge is 0.311 e. The Morgan fingerprint density at radius 2 is 2.62 bits per heavy atom. The standard InChI is InChI=1S/C5H9NS2/c7-4-8-2-1-5-3-6-5/h4-6H,1-3H2. The Morgan fingerprint density at radius 1 is 1.88 bits per heavy atom. The maximum Gasteiger partial charge on any atom is 0.0341 e. The van der Waals surface area contributed by atoms with E-state index in [1.807, 2.05) is 0 Å². The minimum Gasteiger partial charge on any atom is -0.311 e. The van der Waals surface area contributed by atoms with Crippen LogP contribution in [-0.2, 0) is 0 Å². The van der Waals surface area contributed by atoms with E-state index >= 15 is 0 Å². The highest BCUT2D eigenvalue weighted by molar-refractivity contribution is 8.20. The fourth-order valence-corrected chi connectivity index (χ4v) is 1.35. The summed E-state index contributed by atoms with van der Waals surface area (Å²) in [5, 5.41) is 3.23. The molecule has 0 aromatic rings. The SMILES string of the molecule is S=CSCCC1CN1. The van der Waals surface area contributed by atoms with Crippen LogP contribution in [-0.4, -0.2) is 23.0 Å². The fraction of sp³-hybridized carbons (Fsp3) is 0.800. The second-order valence-electron chi connectivity index (χ2n) is 1.86. The third-order valence-corrected chi connectivity index (χ3v) is 2.16. The molecule has 0 bridgehead atoms. The van der Waals surface area contributed by atoms with Gasteiger partial charge in [-0.1, -0.05) is 12.2 Å². The summed E-state index contributed by atoms with van der Waals surface area (Å²) in [4.78, 5) is 0. The smallest absolute Gasteiger partial charge is 0.0341 e. The number of nitrogens with one attached hydrogen (secondary N) is 1. The third-order valence-electron chi connectivity index (χ3n) is 1.15. The first kappa shape index (κ1) is 6.52. The first-order chi connectivity index (χ1) is 3.93. The normalized spacial score (nSPS) is 25.2. The van der Waals surface area contributed by atoms with Gasteiger partial charge in [-0.15, -0.1) is 11.8 Å². The van der Waals surface area contributed by atoms with E-state index in [0.717, 1.165) is 6.04 Å². The van der Waals surface area contributed by atoms with Gasteiger partial charge < -0.3 is 5.32 Å². The van der Waals surface area contributed by atoms with Gasteiger partial charge >= 0.3 is 0 Å². The fourth-order valence-electron chi connectivity index (χ4n) is 0.546. The van der Waals surface area contributed by atoms with Crippen molar-refractivity contribution >= 4 is 28.7 Å². The average molecular weight is 147 g/mol. The molecular weight excluding hydrogens is 138 g/mol. The third kappa shape index (κ3) is 2.64. The highest BCUT2D eigenvalue weighted by Crippen LogP contribution is 2.07. The Kier molecular flexibility index (Phi) is 2.80. The van der Waals surface area contributed by atoms with E-state index in [1.54, 1.807) is 16.5 Å². The van der Waals surface area contributed by atoms with E-state index in [-0.39, 0.29) is 0 Å². The van der Waals surface area contributed by atoms with Gasteiger partial charge in [0.1, 0.15) is 0 Å². The van der Waals surface area contributed by atoms with Gasteiger partial charge in [-0.25, -0.2) is 0 Å². The lowest BCUT2D eigenvalue weighted by molar-refractivity contribution is 0.907. The van der Waals surface area contributed by atoms with Crippen LogP contribution < -0.4 is 5.32 Å². The molecule has 1 rings (SSSR count). The monoisotopic (exact) mass is 147 g/mol. The van der Waals surface area contributed by atoms with Crippen LogP contribution in [0.2, 0.25) is 0 Å². The maximum atomic E-state index is 4.64. The summed E-state index contributed by atoms with van der Waals surface area (Å²) in [6.07, 6.45) is 1.28. The van der Waals surface area contributed by atoms with Gasteiger partial charge in [-0.3, -0.25) is 0 Å². The molecule has 46 valence electrons. The van der Waals surface area contributed by atoms with Crippen molar-refractivity contribution in [3.8, 4) is 0 Å². The quantitative estimate of drug-likeness (QED) is 0.365. The Morgan fingerprint density at radius 3 is 3.12 bits per heavy atom. The molecule has 1 N–H and O–H groups in total. The molecule has 1 aliphatic rings. The summed E-state index contributed by atoms with van der Waals surface area (Å²) in [6, 6.07) is 0.817. The summed E-state index contributed by atoms with van der Waals surface area (Å²) >= 11 is 6.37. The topological polar surface area (TPSA) is 21.9 Å². The number of thioether (sulfide) groups is 1. The number of hydrogen-bond acceptors (Lipinski definition) is 3. The number of hydrogen-bond donors (Lipinski definition) is 1. The zero-order valence-corrected chi connectivity index (χ0v) is 6.23. The van der Waals surface area contributed by atoms with Crippen LogP contribution in [0, 0.1) is 0 Å². The molecule has 0 aromatic heterocycles. The summed E-state index contributed by atoms with van der Waals surface area (Å²) in [5.74, 6) is 1.18. The van der Waals surface area contributed by atoms with E-state index in [9.17, 15) is 0 Å². The van der Waals surface area contributed by atoms with Crippen LogP contribution in [0.4, 0.5) is 0 Å². The molecule has 1 saturated heterocycles. The van der Waals surface area contributed by atoms with E-state index in [0.29, 0.717) is 0 Å². The van der Waals surface area contributed by atoms with Crippen molar-refractivity contribution in [3.63, 3.8) is 0 Å². The molecule has 1 fully saturated rings. The van der Waals surface area contributed by atoms with Crippen LogP contribution in [0.15, 0.2) is 0 Å². The number of rotatable bonds is 4. The highest BCUT2D eigenvalue weighted by atomic mass is 32.2. The van der Waals surface area contributed by atoms with Crippen LogP contribution in [0.5, 0.6) is 0 Å². The van der Waals surface area contributed by atoms with E-state index < -0.39 is 0 Å². The molecule has 8 heavy (non-hydrogen) atoms. The van der Waals surface area contributed by atoms with Crippen molar-refractivity contribution in [2.24, 2.45) is 0 Å². The molecule has 1 unspecified atom stereocenters. The van der Waals surface area contributed by atoms with Gasteiger partial charge in [0.2, 0.25) is 0 Å². The summed E-state index contributed by atoms with van der Waals surface area (Å²) in [5.41, 5.74) is 0. The van der Waals surface area contributed by atoms with Crippen LogP contribution in [0.1, 0.15) is 6.42 Å². The Labute approximate surface area is 59.2 Å². The lowest BCUT2D eigenvalue weighted by atomic mass is 10.4. The first-order valence-electron chi connectivity index (χ1n) is 2.72. The predicted molar refractivity (Wildman–Crippen MR) is 42.5 cm³/mol. The molecule has 0 spiro atoms. The summed E-state index contributed by atoms with van der Waals surface area (Å²) < 4.78 is 1.74. The van der Waals surface area contributed by atoms with Gasteiger partial charge in [0, 0.05) is 17.3 Å². The molecular formula is C5H9NS2. The van der Waals surface area contributed by atoms with E-state index in [2.05, 4.69) is 17.5 Å². The maximum absolute atomic E-state index is 4.64. The molecule has 0 aliphatic carbocycles. The summed E-state index contributed by atoms with van der Waals surface area (Å²) in [7, 11) is 0. The van der Waals surface area contributed by atoms with Gasteiger partial charge in [0.25, 0.3) is 0 Å².